The molecule has 2 aromatic carbocycles. The van der Waals surface area contributed by atoms with Crippen LogP contribution < -0.4 is 4.74 Å². The van der Waals surface area contributed by atoms with Gasteiger partial charge in [-0.1, -0.05) is 24.3 Å². The zero-order valence-corrected chi connectivity index (χ0v) is 11.0. The van der Waals surface area contributed by atoms with Crippen molar-refractivity contribution in [2.45, 2.75) is 6.42 Å². The molecule has 0 bridgehead atoms. The number of benzene rings is 2. The maximum absolute atomic E-state index is 12.0. The first kappa shape index (κ1) is 13.8. The molecular formula is C16H14O4. The summed E-state index contributed by atoms with van der Waals surface area (Å²) in [6.07, 6.45) is -0.287. The number of Topliss-reactive ketones (excluding diaryl/α,β-unsaturated/α-hetero) is 2. The van der Waals surface area contributed by atoms with Crippen molar-refractivity contribution in [2.75, 3.05) is 7.11 Å². The summed E-state index contributed by atoms with van der Waals surface area (Å²) < 4.78 is 5.04. The van der Waals surface area contributed by atoms with Gasteiger partial charge in [0, 0.05) is 5.56 Å². The molecule has 0 aliphatic rings. The van der Waals surface area contributed by atoms with E-state index in [0.717, 1.165) is 0 Å². The summed E-state index contributed by atoms with van der Waals surface area (Å²) in [6, 6.07) is 12.8. The molecule has 0 saturated heterocycles. The number of methoxy groups -OCH3 is 1. The van der Waals surface area contributed by atoms with Crippen LogP contribution in [-0.2, 0) is 0 Å². The van der Waals surface area contributed by atoms with Crippen molar-refractivity contribution in [3.63, 3.8) is 0 Å². The van der Waals surface area contributed by atoms with E-state index in [1.165, 1.54) is 19.2 Å². The van der Waals surface area contributed by atoms with Gasteiger partial charge in [-0.3, -0.25) is 9.59 Å². The maximum atomic E-state index is 12.0. The van der Waals surface area contributed by atoms with E-state index in [-0.39, 0.29) is 23.5 Å². The molecule has 0 radical (unpaired) electrons. The predicted octanol–water partition coefficient (Wildman–Crippen LogP) is 2.86. The summed E-state index contributed by atoms with van der Waals surface area (Å²) in [5.74, 6) is -0.269. The third-order valence-corrected chi connectivity index (χ3v) is 2.92. The second kappa shape index (κ2) is 6.02. The molecule has 0 aliphatic carbocycles. The molecule has 0 saturated carbocycles. The average molecular weight is 270 g/mol. The van der Waals surface area contributed by atoms with Gasteiger partial charge in [0.1, 0.15) is 11.5 Å². The smallest absolute Gasteiger partial charge is 0.174 e. The van der Waals surface area contributed by atoms with Crippen molar-refractivity contribution < 1.29 is 19.4 Å². The van der Waals surface area contributed by atoms with Crippen LogP contribution in [0, 0.1) is 0 Å². The summed E-state index contributed by atoms with van der Waals surface area (Å²) in [7, 11) is 1.51. The topological polar surface area (TPSA) is 63.6 Å². The first-order valence-electron chi connectivity index (χ1n) is 6.10. The number of carbonyl (C=O) groups is 2. The fourth-order valence-electron chi connectivity index (χ4n) is 1.85. The Hall–Kier alpha value is -2.62. The van der Waals surface area contributed by atoms with Crippen molar-refractivity contribution >= 4 is 11.6 Å². The number of hydrogen-bond acceptors (Lipinski definition) is 4. The molecule has 4 nitrogen and oxygen atoms in total. The SMILES string of the molecule is COc1cccc(C(=O)CC(=O)c2ccccc2O)c1. The Morgan fingerprint density at radius 3 is 2.50 bits per heavy atom. The standard InChI is InChI=1S/C16H14O4/c1-20-12-6-4-5-11(9-12)15(18)10-16(19)13-7-2-3-8-14(13)17/h2-9,17H,10H2,1H3. The summed E-state index contributed by atoms with van der Waals surface area (Å²) in [5, 5.41) is 9.59. The van der Waals surface area contributed by atoms with Crippen LogP contribution >= 0.6 is 0 Å². The highest BCUT2D eigenvalue weighted by Crippen LogP contribution is 2.19. The van der Waals surface area contributed by atoms with E-state index in [9.17, 15) is 14.7 Å². The fourth-order valence-corrected chi connectivity index (χ4v) is 1.85. The molecule has 0 fully saturated rings. The fraction of sp³-hybridized carbons (Fsp3) is 0.125. The normalized spacial score (nSPS) is 10.1. The van der Waals surface area contributed by atoms with Gasteiger partial charge in [-0.15, -0.1) is 0 Å². The Bertz CT molecular complexity index is 646. The van der Waals surface area contributed by atoms with Crippen LogP contribution in [0.2, 0.25) is 0 Å². The minimum absolute atomic E-state index is 0.115. The largest absolute Gasteiger partial charge is 0.507 e. The van der Waals surface area contributed by atoms with Crippen LogP contribution in [0.3, 0.4) is 0 Å². The summed E-state index contributed by atoms with van der Waals surface area (Å²) >= 11 is 0. The van der Waals surface area contributed by atoms with Crippen molar-refractivity contribution in [3.8, 4) is 11.5 Å². The van der Waals surface area contributed by atoms with E-state index >= 15 is 0 Å². The number of hydrogen-bond donors (Lipinski definition) is 1. The number of phenolic OH excluding ortho intramolecular Hbond substituents is 1. The number of phenols is 1. The molecule has 1 N–H and O–H groups in total. The maximum Gasteiger partial charge on any atom is 0.174 e. The lowest BCUT2D eigenvalue weighted by Crippen LogP contribution is -2.09. The number of ether oxygens (including phenoxy) is 1. The Balaban J connectivity index is 2.15. The van der Waals surface area contributed by atoms with Gasteiger partial charge in [-0.25, -0.2) is 0 Å². The number of carbonyl (C=O) groups excluding carboxylic acids is 2. The second-order valence-electron chi connectivity index (χ2n) is 4.27. The van der Waals surface area contributed by atoms with E-state index in [0.29, 0.717) is 11.3 Å². The Kier molecular flexibility index (Phi) is 4.15. The predicted molar refractivity (Wildman–Crippen MR) is 74.4 cm³/mol. The molecule has 0 atom stereocenters. The third-order valence-electron chi connectivity index (χ3n) is 2.92. The molecule has 2 aromatic rings. The number of rotatable bonds is 5. The van der Waals surface area contributed by atoms with Gasteiger partial charge in [0.15, 0.2) is 11.6 Å². The van der Waals surface area contributed by atoms with E-state index < -0.39 is 5.78 Å². The third kappa shape index (κ3) is 3.03. The first-order chi connectivity index (χ1) is 9.61. The van der Waals surface area contributed by atoms with Crippen molar-refractivity contribution in [1.29, 1.82) is 0 Å². The van der Waals surface area contributed by atoms with Crippen LogP contribution in [0.15, 0.2) is 48.5 Å². The molecule has 4 heteroatoms. The second-order valence-corrected chi connectivity index (χ2v) is 4.27. The molecule has 0 heterocycles. The van der Waals surface area contributed by atoms with E-state index in [1.54, 1.807) is 36.4 Å². The van der Waals surface area contributed by atoms with Gasteiger partial charge in [0.05, 0.1) is 19.1 Å². The summed E-state index contributed by atoms with van der Waals surface area (Å²) in [6.45, 7) is 0. The summed E-state index contributed by atoms with van der Waals surface area (Å²) in [4.78, 5) is 24.0. The van der Waals surface area contributed by atoms with E-state index in [2.05, 4.69) is 0 Å². The lowest BCUT2D eigenvalue weighted by Gasteiger charge is -2.05. The van der Waals surface area contributed by atoms with Crippen molar-refractivity contribution in [3.05, 3.63) is 59.7 Å². The van der Waals surface area contributed by atoms with Gasteiger partial charge in [0.2, 0.25) is 0 Å². The van der Waals surface area contributed by atoms with Crippen LogP contribution in [-0.4, -0.2) is 23.8 Å². The number of ketones is 2. The highest BCUT2D eigenvalue weighted by atomic mass is 16.5. The highest BCUT2D eigenvalue weighted by molar-refractivity contribution is 6.14. The van der Waals surface area contributed by atoms with Crippen LogP contribution in [0.5, 0.6) is 11.5 Å². The first-order valence-corrected chi connectivity index (χ1v) is 6.10. The Morgan fingerprint density at radius 1 is 1.05 bits per heavy atom. The molecule has 0 spiro atoms. The lowest BCUT2D eigenvalue weighted by atomic mass is 10.0. The van der Waals surface area contributed by atoms with Gasteiger partial charge in [0.25, 0.3) is 0 Å². The van der Waals surface area contributed by atoms with Crippen LogP contribution in [0.25, 0.3) is 0 Å². The minimum Gasteiger partial charge on any atom is -0.507 e. The molecule has 0 amide bonds. The van der Waals surface area contributed by atoms with Crippen molar-refractivity contribution in [2.24, 2.45) is 0 Å². The Morgan fingerprint density at radius 2 is 1.80 bits per heavy atom. The van der Waals surface area contributed by atoms with E-state index in [1.807, 2.05) is 0 Å². The molecule has 0 aliphatic heterocycles. The van der Waals surface area contributed by atoms with Gasteiger partial charge >= 0.3 is 0 Å². The molecule has 102 valence electrons. The highest BCUT2D eigenvalue weighted by Gasteiger charge is 2.16. The Labute approximate surface area is 116 Å². The number of aromatic hydroxyl groups is 1. The van der Waals surface area contributed by atoms with E-state index in [4.69, 9.17) is 4.74 Å². The molecule has 2 rings (SSSR count). The molecule has 0 aromatic heterocycles. The lowest BCUT2D eigenvalue weighted by molar-refractivity contribution is 0.0893. The monoisotopic (exact) mass is 270 g/mol. The van der Waals surface area contributed by atoms with Crippen LogP contribution in [0.1, 0.15) is 27.1 Å². The molecule has 0 unspecified atom stereocenters. The van der Waals surface area contributed by atoms with Gasteiger partial charge in [-0.2, -0.15) is 0 Å². The average Bonchev–Trinajstić information content (AvgIpc) is 2.47. The van der Waals surface area contributed by atoms with Gasteiger partial charge in [-0.05, 0) is 24.3 Å². The summed E-state index contributed by atoms with van der Waals surface area (Å²) in [5.41, 5.74) is 0.567. The minimum atomic E-state index is -0.407. The zero-order valence-electron chi connectivity index (χ0n) is 11.0. The van der Waals surface area contributed by atoms with Gasteiger partial charge < -0.3 is 9.84 Å². The molecular weight excluding hydrogens is 256 g/mol. The zero-order chi connectivity index (χ0) is 14.5. The van der Waals surface area contributed by atoms with Crippen LogP contribution in [0.4, 0.5) is 0 Å². The number of para-hydroxylation sites is 1. The quantitative estimate of drug-likeness (QED) is 0.670. The van der Waals surface area contributed by atoms with Crippen molar-refractivity contribution in [1.82, 2.24) is 0 Å². The molecule has 20 heavy (non-hydrogen) atoms.